The van der Waals surface area contributed by atoms with E-state index in [9.17, 15) is 4.79 Å². The molecule has 1 heterocycles. The fourth-order valence-electron chi connectivity index (χ4n) is 1.42. The van der Waals surface area contributed by atoms with Crippen molar-refractivity contribution in [2.75, 3.05) is 0 Å². The topological polar surface area (TPSA) is 32.9 Å². The van der Waals surface area contributed by atoms with Crippen molar-refractivity contribution in [3.8, 4) is 0 Å². The van der Waals surface area contributed by atoms with Gasteiger partial charge in [-0.25, -0.2) is 0 Å². The first-order chi connectivity index (χ1) is 6.22. The Hall–Kier alpha value is -1.28. The first kappa shape index (κ1) is 8.32. The molecule has 2 rings (SSSR count). The minimum Gasteiger partial charge on any atom is -0.359 e. The number of H-pyrrole nitrogens is 1. The molecule has 0 aliphatic carbocycles. The second-order valence-electron chi connectivity index (χ2n) is 3.00. The molecule has 66 valence electrons. The number of rotatable bonds is 1. The van der Waals surface area contributed by atoms with Crippen molar-refractivity contribution in [1.29, 1.82) is 0 Å². The van der Waals surface area contributed by atoms with Gasteiger partial charge in [0.1, 0.15) is 0 Å². The smallest absolute Gasteiger partial charge is 0.151 e. The minimum atomic E-state index is 0.525. The second kappa shape index (κ2) is 2.89. The molecule has 2 nitrogen and oxygen atoms in total. The van der Waals surface area contributed by atoms with Gasteiger partial charge in [0, 0.05) is 22.2 Å². The molecule has 1 aromatic carbocycles. The van der Waals surface area contributed by atoms with Gasteiger partial charge in [-0.2, -0.15) is 0 Å². The average molecular weight is 194 g/mol. The Morgan fingerprint density at radius 2 is 2.23 bits per heavy atom. The van der Waals surface area contributed by atoms with E-state index in [1.54, 1.807) is 6.07 Å². The van der Waals surface area contributed by atoms with Crippen LogP contribution in [0.5, 0.6) is 0 Å². The maximum Gasteiger partial charge on any atom is 0.151 e. The summed E-state index contributed by atoms with van der Waals surface area (Å²) in [6.45, 7) is 1.96. The predicted molar refractivity (Wildman–Crippen MR) is 53.4 cm³/mol. The number of aryl methyl sites for hydroxylation is 1. The molecular formula is C10H8ClNO. The first-order valence-electron chi connectivity index (χ1n) is 3.95. The molecule has 0 unspecified atom stereocenters. The number of aldehydes is 1. The highest BCUT2D eigenvalue weighted by atomic mass is 35.5. The van der Waals surface area contributed by atoms with Crippen LogP contribution in [-0.2, 0) is 0 Å². The average Bonchev–Trinajstić information content (AvgIpc) is 2.47. The van der Waals surface area contributed by atoms with E-state index in [0.29, 0.717) is 10.6 Å². The van der Waals surface area contributed by atoms with Crippen molar-refractivity contribution in [1.82, 2.24) is 4.98 Å². The molecule has 3 heteroatoms. The molecule has 0 radical (unpaired) electrons. The minimum absolute atomic E-state index is 0.525. The van der Waals surface area contributed by atoms with E-state index in [0.717, 1.165) is 22.9 Å². The molecule has 0 saturated carbocycles. The highest BCUT2D eigenvalue weighted by Gasteiger charge is 2.05. The molecule has 0 atom stereocenters. The van der Waals surface area contributed by atoms with Gasteiger partial charge in [-0.3, -0.25) is 4.79 Å². The maximum absolute atomic E-state index is 10.6. The Labute approximate surface area is 80.5 Å². The Balaban J connectivity index is 2.85. The number of hydrogen-bond acceptors (Lipinski definition) is 1. The summed E-state index contributed by atoms with van der Waals surface area (Å²) >= 11 is 6.00. The molecular weight excluding hydrogens is 186 g/mol. The Morgan fingerprint density at radius 3 is 2.92 bits per heavy atom. The number of hydrogen-bond donors (Lipinski definition) is 1. The number of aromatic amines is 1. The van der Waals surface area contributed by atoms with Gasteiger partial charge in [0.2, 0.25) is 0 Å². The normalized spacial score (nSPS) is 10.6. The van der Waals surface area contributed by atoms with Gasteiger partial charge >= 0.3 is 0 Å². The van der Waals surface area contributed by atoms with Gasteiger partial charge in [0.05, 0.1) is 5.02 Å². The third-order valence-electron chi connectivity index (χ3n) is 2.03. The molecule has 0 fully saturated rings. The molecule has 0 aliphatic rings. The Bertz CT molecular complexity index is 473. The Morgan fingerprint density at radius 1 is 1.46 bits per heavy atom. The highest BCUT2D eigenvalue weighted by molar-refractivity contribution is 6.37. The lowest BCUT2D eigenvalue weighted by molar-refractivity contribution is 0.112. The molecule has 1 aromatic heterocycles. The van der Waals surface area contributed by atoms with E-state index in [2.05, 4.69) is 4.98 Å². The number of carbonyl (C=O) groups is 1. The molecule has 13 heavy (non-hydrogen) atoms. The van der Waals surface area contributed by atoms with Crippen LogP contribution in [-0.4, -0.2) is 11.3 Å². The van der Waals surface area contributed by atoms with E-state index in [-0.39, 0.29) is 0 Å². The van der Waals surface area contributed by atoms with E-state index < -0.39 is 0 Å². The van der Waals surface area contributed by atoms with Gasteiger partial charge in [0.15, 0.2) is 6.29 Å². The fraction of sp³-hybridized carbons (Fsp3) is 0.100. The molecule has 2 aromatic rings. The SMILES string of the molecule is Cc1cc2c(Cl)c(C=O)ccc2[nH]1. The van der Waals surface area contributed by atoms with Crippen LogP contribution in [0.2, 0.25) is 5.02 Å². The van der Waals surface area contributed by atoms with Gasteiger partial charge < -0.3 is 4.98 Å². The van der Waals surface area contributed by atoms with Crippen LogP contribution >= 0.6 is 11.6 Å². The Kier molecular flexibility index (Phi) is 1.85. The summed E-state index contributed by atoms with van der Waals surface area (Å²) in [5, 5.41) is 1.43. The summed E-state index contributed by atoms with van der Waals surface area (Å²) in [7, 11) is 0. The van der Waals surface area contributed by atoms with E-state index in [1.165, 1.54) is 0 Å². The van der Waals surface area contributed by atoms with E-state index in [4.69, 9.17) is 11.6 Å². The van der Waals surface area contributed by atoms with Crippen molar-refractivity contribution in [3.05, 3.63) is 34.5 Å². The third-order valence-corrected chi connectivity index (χ3v) is 2.45. The van der Waals surface area contributed by atoms with Crippen molar-refractivity contribution in [2.45, 2.75) is 6.92 Å². The van der Waals surface area contributed by atoms with Crippen molar-refractivity contribution in [3.63, 3.8) is 0 Å². The number of fused-ring (bicyclic) bond motifs is 1. The molecule has 1 N–H and O–H groups in total. The summed E-state index contributed by atoms with van der Waals surface area (Å²) in [6, 6.07) is 5.51. The van der Waals surface area contributed by atoms with Crippen LogP contribution in [0.15, 0.2) is 18.2 Å². The number of nitrogens with one attached hydrogen (secondary N) is 1. The summed E-state index contributed by atoms with van der Waals surface area (Å²) in [5.41, 5.74) is 2.54. The van der Waals surface area contributed by atoms with Gasteiger partial charge in [-0.15, -0.1) is 0 Å². The summed E-state index contributed by atoms with van der Waals surface area (Å²) < 4.78 is 0. The van der Waals surface area contributed by atoms with Crippen molar-refractivity contribution in [2.24, 2.45) is 0 Å². The lowest BCUT2D eigenvalue weighted by atomic mass is 10.2. The monoisotopic (exact) mass is 193 g/mol. The molecule has 0 spiro atoms. The zero-order valence-corrected chi connectivity index (χ0v) is 7.85. The highest BCUT2D eigenvalue weighted by Crippen LogP contribution is 2.26. The standard InChI is InChI=1S/C10H8ClNO/c1-6-4-8-9(12-6)3-2-7(5-13)10(8)11/h2-5,12H,1H3. The quantitative estimate of drug-likeness (QED) is 0.694. The zero-order chi connectivity index (χ0) is 9.42. The van der Waals surface area contributed by atoms with Crippen molar-refractivity contribution < 1.29 is 4.79 Å². The van der Waals surface area contributed by atoms with Gasteiger partial charge in [0.25, 0.3) is 0 Å². The molecule has 0 amide bonds. The molecule has 0 saturated heterocycles. The van der Waals surface area contributed by atoms with E-state index >= 15 is 0 Å². The predicted octanol–water partition coefficient (Wildman–Crippen LogP) is 2.94. The number of halogens is 1. The van der Waals surface area contributed by atoms with Crippen molar-refractivity contribution >= 4 is 28.8 Å². The summed E-state index contributed by atoms with van der Waals surface area (Å²) in [5.74, 6) is 0. The fourth-order valence-corrected chi connectivity index (χ4v) is 1.68. The summed E-state index contributed by atoms with van der Waals surface area (Å²) in [4.78, 5) is 13.7. The summed E-state index contributed by atoms with van der Waals surface area (Å²) in [6.07, 6.45) is 0.768. The maximum atomic E-state index is 10.6. The van der Waals surface area contributed by atoms with Crippen LogP contribution in [0.4, 0.5) is 0 Å². The third kappa shape index (κ3) is 1.23. The molecule has 0 bridgehead atoms. The van der Waals surface area contributed by atoms with E-state index in [1.807, 2.05) is 19.1 Å². The zero-order valence-electron chi connectivity index (χ0n) is 7.10. The van der Waals surface area contributed by atoms with Gasteiger partial charge in [-0.05, 0) is 25.1 Å². The van der Waals surface area contributed by atoms with Crippen LogP contribution in [0.25, 0.3) is 10.9 Å². The number of carbonyl (C=O) groups excluding carboxylic acids is 1. The van der Waals surface area contributed by atoms with Crippen LogP contribution in [0.3, 0.4) is 0 Å². The number of aromatic nitrogens is 1. The van der Waals surface area contributed by atoms with Crippen LogP contribution < -0.4 is 0 Å². The lowest BCUT2D eigenvalue weighted by Gasteiger charge is -1.96. The molecule has 0 aliphatic heterocycles. The van der Waals surface area contributed by atoms with Gasteiger partial charge in [-0.1, -0.05) is 11.6 Å². The second-order valence-corrected chi connectivity index (χ2v) is 3.38. The lowest BCUT2D eigenvalue weighted by Crippen LogP contribution is -1.81. The largest absolute Gasteiger partial charge is 0.359 e. The number of benzene rings is 1. The first-order valence-corrected chi connectivity index (χ1v) is 4.33. The van der Waals surface area contributed by atoms with Crippen LogP contribution in [0, 0.1) is 6.92 Å². The van der Waals surface area contributed by atoms with Crippen LogP contribution in [0.1, 0.15) is 16.1 Å².